The van der Waals surface area contributed by atoms with Gasteiger partial charge in [0.1, 0.15) is 11.4 Å². The molecule has 0 radical (unpaired) electrons. The van der Waals surface area contributed by atoms with E-state index in [1.54, 1.807) is 16.7 Å². The summed E-state index contributed by atoms with van der Waals surface area (Å²) in [5.41, 5.74) is 5.61. The van der Waals surface area contributed by atoms with Gasteiger partial charge in [-0.1, -0.05) is 47.5 Å². The number of hydrogen-bond acceptors (Lipinski definition) is 3. The second-order valence-corrected chi connectivity index (χ2v) is 8.24. The number of rotatable bonds is 2. The highest BCUT2D eigenvalue weighted by molar-refractivity contribution is 7.99. The number of hydrogen-bond donors (Lipinski definition) is 0. The number of amides is 1. The van der Waals surface area contributed by atoms with Gasteiger partial charge in [-0.05, 0) is 50.2 Å². The Morgan fingerprint density at radius 1 is 1.04 bits per heavy atom. The van der Waals surface area contributed by atoms with Crippen molar-refractivity contribution in [3.8, 4) is 0 Å². The lowest BCUT2D eigenvalue weighted by molar-refractivity contribution is -0.119. The Labute approximate surface area is 158 Å². The van der Waals surface area contributed by atoms with E-state index in [0.29, 0.717) is 5.11 Å². The molecule has 0 bridgehead atoms. The maximum absolute atomic E-state index is 13.0. The van der Waals surface area contributed by atoms with Gasteiger partial charge < -0.3 is 4.90 Å². The normalized spacial score (nSPS) is 22.7. The van der Waals surface area contributed by atoms with Crippen molar-refractivity contribution in [3.05, 3.63) is 64.7 Å². The van der Waals surface area contributed by atoms with Crippen LogP contribution in [0.15, 0.2) is 42.5 Å². The number of anilines is 1. The Bertz CT molecular complexity index is 862. The number of thiocarbonyl (C=S) groups is 1. The quantitative estimate of drug-likeness (QED) is 0.735. The predicted molar refractivity (Wildman–Crippen MR) is 108 cm³/mol. The van der Waals surface area contributed by atoms with Crippen LogP contribution in [0.4, 0.5) is 5.69 Å². The van der Waals surface area contributed by atoms with Gasteiger partial charge in [0.15, 0.2) is 5.11 Å². The van der Waals surface area contributed by atoms with Crippen LogP contribution in [0.2, 0.25) is 0 Å². The van der Waals surface area contributed by atoms with E-state index in [1.807, 2.05) is 19.1 Å². The van der Waals surface area contributed by atoms with Gasteiger partial charge in [-0.2, -0.15) is 0 Å². The average Bonchev–Trinajstić information content (AvgIpc) is 3.11. The third-order valence-electron chi connectivity index (χ3n) is 4.87. The van der Waals surface area contributed by atoms with E-state index in [-0.39, 0.29) is 17.3 Å². The van der Waals surface area contributed by atoms with Gasteiger partial charge in [0, 0.05) is 5.75 Å². The van der Waals surface area contributed by atoms with Gasteiger partial charge in [0.05, 0.1) is 5.69 Å². The molecule has 2 fully saturated rings. The van der Waals surface area contributed by atoms with Crippen LogP contribution in [0.1, 0.15) is 27.6 Å². The smallest absolute Gasteiger partial charge is 0.257 e. The first kappa shape index (κ1) is 16.6. The minimum atomic E-state index is -0.162. The van der Waals surface area contributed by atoms with E-state index >= 15 is 0 Å². The molecule has 0 N–H and O–H groups in total. The topological polar surface area (TPSA) is 23.6 Å². The Kier molecular flexibility index (Phi) is 4.08. The zero-order valence-electron chi connectivity index (χ0n) is 14.5. The molecule has 2 aliphatic heterocycles. The number of thioether (sulfide) groups is 1. The summed E-state index contributed by atoms with van der Waals surface area (Å²) in [7, 11) is 0. The molecule has 0 spiro atoms. The van der Waals surface area contributed by atoms with Gasteiger partial charge in [-0.15, -0.1) is 11.8 Å². The first-order valence-corrected chi connectivity index (χ1v) is 9.85. The van der Waals surface area contributed by atoms with Crippen molar-refractivity contribution in [1.29, 1.82) is 0 Å². The Balaban J connectivity index is 1.70. The summed E-state index contributed by atoms with van der Waals surface area (Å²) in [6.45, 7) is 6.18. The van der Waals surface area contributed by atoms with Crippen molar-refractivity contribution >= 4 is 40.7 Å². The SMILES string of the molecule is Cc1ccc([C@H]2SC[C@@H]3C(=O)N(c4ccc(C)cc4C)C(=S)N32)cc1. The second kappa shape index (κ2) is 6.15. The fraction of sp³-hybridized carbons (Fsp3) is 0.300. The number of carbonyl (C=O) groups is 1. The summed E-state index contributed by atoms with van der Waals surface area (Å²) in [5, 5.41) is 0.732. The monoisotopic (exact) mass is 368 g/mol. The molecule has 2 heterocycles. The molecule has 25 heavy (non-hydrogen) atoms. The minimum absolute atomic E-state index is 0.0964. The number of nitrogens with zero attached hydrogens (tertiary/aromatic N) is 2. The molecule has 2 aromatic carbocycles. The Morgan fingerprint density at radius 2 is 1.72 bits per heavy atom. The Morgan fingerprint density at radius 3 is 2.40 bits per heavy atom. The fourth-order valence-electron chi connectivity index (χ4n) is 3.55. The van der Waals surface area contributed by atoms with Crippen LogP contribution in [-0.2, 0) is 4.79 Å². The Hall–Kier alpha value is -1.85. The van der Waals surface area contributed by atoms with Crippen molar-refractivity contribution in [2.45, 2.75) is 32.2 Å². The largest absolute Gasteiger partial charge is 0.319 e. The van der Waals surface area contributed by atoms with Crippen LogP contribution < -0.4 is 4.90 Å². The summed E-state index contributed by atoms with van der Waals surface area (Å²) >= 11 is 7.55. The average molecular weight is 369 g/mol. The van der Waals surface area contributed by atoms with E-state index in [1.165, 1.54) is 16.7 Å². The van der Waals surface area contributed by atoms with Gasteiger partial charge in [-0.3, -0.25) is 9.69 Å². The molecule has 2 atom stereocenters. The molecular formula is C20H20N2OS2. The van der Waals surface area contributed by atoms with Crippen LogP contribution in [0.25, 0.3) is 0 Å². The lowest BCUT2D eigenvalue weighted by atomic mass is 10.1. The second-order valence-electron chi connectivity index (χ2n) is 6.77. The fourth-order valence-corrected chi connectivity index (χ4v) is 5.47. The number of carbonyl (C=O) groups excluding carboxylic acids is 1. The standard InChI is InChI=1S/C20H20N2OS2/c1-12-4-7-15(8-5-12)19-22-17(11-25-19)18(23)21(20(22)24)16-9-6-13(2)10-14(16)3/h4-10,17,19H,11H2,1-3H3/t17-,19-/m1/s1. The summed E-state index contributed by atoms with van der Waals surface area (Å²) in [4.78, 5) is 16.9. The van der Waals surface area contributed by atoms with E-state index < -0.39 is 0 Å². The summed E-state index contributed by atoms with van der Waals surface area (Å²) in [5.74, 6) is 0.873. The molecule has 3 nitrogen and oxygen atoms in total. The highest BCUT2D eigenvalue weighted by atomic mass is 32.2. The predicted octanol–water partition coefficient (Wildman–Crippen LogP) is 4.36. The van der Waals surface area contributed by atoms with Crippen LogP contribution in [0.3, 0.4) is 0 Å². The van der Waals surface area contributed by atoms with Crippen molar-refractivity contribution in [1.82, 2.24) is 4.90 Å². The maximum Gasteiger partial charge on any atom is 0.257 e. The van der Waals surface area contributed by atoms with E-state index in [2.05, 4.69) is 49.1 Å². The minimum Gasteiger partial charge on any atom is -0.319 e. The molecule has 0 aromatic heterocycles. The molecule has 5 heteroatoms. The summed E-state index contributed by atoms with van der Waals surface area (Å²) in [6, 6.07) is 14.5. The lowest BCUT2D eigenvalue weighted by Crippen LogP contribution is -2.34. The first-order chi connectivity index (χ1) is 12.0. The summed E-state index contributed by atoms with van der Waals surface area (Å²) in [6.07, 6.45) is 0. The summed E-state index contributed by atoms with van der Waals surface area (Å²) < 4.78 is 0. The first-order valence-electron chi connectivity index (χ1n) is 8.39. The van der Waals surface area contributed by atoms with Gasteiger partial charge in [0.2, 0.25) is 0 Å². The van der Waals surface area contributed by atoms with Crippen LogP contribution in [0.5, 0.6) is 0 Å². The molecule has 2 aromatic rings. The van der Waals surface area contributed by atoms with Crippen LogP contribution in [0, 0.1) is 20.8 Å². The van der Waals surface area contributed by atoms with Crippen molar-refractivity contribution in [3.63, 3.8) is 0 Å². The van der Waals surface area contributed by atoms with Crippen molar-refractivity contribution in [2.75, 3.05) is 10.7 Å². The molecule has 4 rings (SSSR count). The molecule has 2 saturated heterocycles. The highest BCUT2D eigenvalue weighted by Gasteiger charge is 2.51. The molecule has 1 amide bonds. The molecule has 0 aliphatic carbocycles. The van der Waals surface area contributed by atoms with Gasteiger partial charge >= 0.3 is 0 Å². The van der Waals surface area contributed by atoms with Crippen molar-refractivity contribution in [2.24, 2.45) is 0 Å². The van der Waals surface area contributed by atoms with E-state index in [0.717, 1.165) is 17.0 Å². The third kappa shape index (κ3) is 2.66. The molecule has 0 saturated carbocycles. The number of fused-ring (bicyclic) bond motifs is 1. The maximum atomic E-state index is 13.0. The van der Waals surface area contributed by atoms with E-state index in [4.69, 9.17) is 12.2 Å². The zero-order valence-corrected chi connectivity index (χ0v) is 16.2. The number of benzene rings is 2. The van der Waals surface area contributed by atoms with Gasteiger partial charge in [0.25, 0.3) is 5.91 Å². The zero-order chi connectivity index (χ0) is 17.7. The highest BCUT2D eigenvalue weighted by Crippen LogP contribution is 2.46. The third-order valence-corrected chi connectivity index (χ3v) is 6.59. The van der Waals surface area contributed by atoms with Crippen molar-refractivity contribution < 1.29 is 4.79 Å². The van der Waals surface area contributed by atoms with Gasteiger partial charge in [-0.25, -0.2) is 0 Å². The lowest BCUT2D eigenvalue weighted by Gasteiger charge is -2.26. The van der Waals surface area contributed by atoms with E-state index in [9.17, 15) is 4.79 Å². The molecule has 2 aliphatic rings. The van der Waals surface area contributed by atoms with Crippen LogP contribution in [-0.4, -0.2) is 27.7 Å². The molecular weight excluding hydrogens is 348 g/mol. The molecule has 128 valence electrons. The molecule has 0 unspecified atom stereocenters. The number of aryl methyl sites for hydroxylation is 3. The van der Waals surface area contributed by atoms with Crippen LogP contribution >= 0.6 is 24.0 Å².